The fourth-order valence-electron chi connectivity index (χ4n) is 2.93. The number of carbonyl (C=O) groups excluding carboxylic acids is 1. The molecule has 0 aliphatic carbocycles. The van der Waals surface area contributed by atoms with Crippen LogP contribution in [0.25, 0.3) is 22.6 Å². The summed E-state index contributed by atoms with van der Waals surface area (Å²) in [6.45, 7) is 0. The predicted molar refractivity (Wildman–Crippen MR) is 126 cm³/mol. The van der Waals surface area contributed by atoms with Crippen molar-refractivity contribution in [3.8, 4) is 17.2 Å². The average molecular weight is 513 g/mol. The van der Waals surface area contributed by atoms with Gasteiger partial charge in [0.05, 0.1) is 9.40 Å². The number of nitro benzene ring substituents is 1. The van der Waals surface area contributed by atoms with E-state index in [1.165, 1.54) is 30.3 Å². The quantitative estimate of drug-likeness (QED) is 0.198. The molecule has 0 saturated carbocycles. The number of anilines is 1. The average Bonchev–Trinajstić information content (AvgIpc) is 3.19. The molecule has 0 radical (unpaired) electrons. The number of aromatic nitrogens is 1. The second kappa shape index (κ2) is 8.73. The number of carbonyl (C=O) groups is 1. The van der Waals surface area contributed by atoms with Gasteiger partial charge < -0.3 is 14.8 Å². The van der Waals surface area contributed by atoms with Crippen LogP contribution in [0.2, 0.25) is 0 Å². The first-order valence-corrected chi connectivity index (χ1v) is 10.3. The summed E-state index contributed by atoms with van der Waals surface area (Å²) in [5.74, 6) is -0.227. The van der Waals surface area contributed by atoms with E-state index in [4.69, 9.17) is 16.6 Å². The zero-order chi connectivity index (χ0) is 22.8. The Labute approximate surface area is 194 Å². The van der Waals surface area contributed by atoms with E-state index in [1.807, 2.05) is 0 Å². The first-order chi connectivity index (χ1) is 15.3. The van der Waals surface area contributed by atoms with Crippen molar-refractivity contribution in [3.05, 3.63) is 80.8 Å². The lowest BCUT2D eigenvalue weighted by Gasteiger charge is -2.09. The van der Waals surface area contributed by atoms with E-state index in [2.05, 4.69) is 31.5 Å². The molecule has 3 N–H and O–H groups in total. The summed E-state index contributed by atoms with van der Waals surface area (Å²) >= 11 is 8.43. The number of hydrogen-bond acceptors (Lipinski definition) is 7. The van der Waals surface area contributed by atoms with Crippen LogP contribution < -0.4 is 10.6 Å². The minimum absolute atomic E-state index is 0.0290. The van der Waals surface area contributed by atoms with Crippen molar-refractivity contribution in [2.24, 2.45) is 0 Å². The fourth-order valence-corrected chi connectivity index (χ4v) is 3.52. The lowest BCUT2D eigenvalue weighted by atomic mass is 10.1. The van der Waals surface area contributed by atoms with Crippen molar-refractivity contribution >= 4 is 61.6 Å². The number of oxazole rings is 1. The molecule has 4 aromatic rings. The van der Waals surface area contributed by atoms with Crippen LogP contribution in [0.4, 0.5) is 11.4 Å². The Morgan fingerprint density at radius 2 is 1.94 bits per heavy atom. The highest BCUT2D eigenvalue weighted by Gasteiger charge is 2.20. The minimum atomic E-state index is -0.697. The van der Waals surface area contributed by atoms with Crippen molar-refractivity contribution in [1.29, 1.82) is 0 Å². The third-order valence-corrected chi connectivity index (χ3v) is 5.25. The Morgan fingerprint density at radius 3 is 2.69 bits per heavy atom. The van der Waals surface area contributed by atoms with Crippen molar-refractivity contribution in [3.63, 3.8) is 0 Å². The van der Waals surface area contributed by atoms with Crippen molar-refractivity contribution in [2.75, 3.05) is 5.32 Å². The Morgan fingerprint density at radius 1 is 1.16 bits per heavy atom. The molecule has 0 fully saturated rings. The SMILES string of the molecule is O=C(NC(=S)Nc1ccc2oc(-c3ccc(O)c(Br)c3)nc2c1)c1ccccc1[N+](=O)[O-]. The van der Waals surface area contributed by atoms with E-state index in [-0.39, 0.29) is 22.1 Å². The summed E-state index contributed by atoms with van der Waals surface area (Å²) in [5, 5.41) is 26.0. The van der Waals surface area contributed by atoms with Crippen LogP contribution in [0.3, 0.4) is 0 Å². The molecular weight excluding hydrogens is 500 g/mol. The molecule has 4 rings (SSSR count). The predicted octanol–water partition coefficient (Wildman–Crippen LogP) is 5.00. The molecule has 0 atom stereocenters. The van der Waals surface area contributed by atoms with Crippen LogP contribution in [0.1, 0.15) is 10.4 Å². The van der Waals surface area contributed by atoms with Gasteiger partial charge in [0.1, 0.15) is 16.8 Å². The van der Waals surface area contributed by atoms with Crippen molar-refractivity contribution in [2.45, 2.75) is 0 Å². The van der Waals surface area contributed by atoms with E-state index < -0.39 is 10.8 Å². The fraction of sp³-hybridized carbons (Fsp3) is 0. The van der Waals surface area contributed by atoms with Gasteiger partial charge in [-0.2, -0.15) is 0 Å². The number of fused-ring (bicyclic) bond motifs is 1. The molecule has 0 saturated heterocycles. The summed E-state index contributed by atoms with van der Waals surface area (Å²) in [6.07, 6.45) is 0. The molecule has 0 spiro atoms. The Kier molecular flexibility index (Phi) is 5.84. The summed E-state index contributed by atoms with van der Waals surface area (Å²) in [7, 11) is 0. The van der Waals surface area contributed by atoms with Gasteiger partial charge in [-0.3, -0.25) is 20.2 Å². The second-order valence-corrected chi connectivity index (χ2v) is 7.81. The van der Waals surface area contributed by atoms with Crippen molar-refractivity contribution < 1.29 is 19.2 Å². The lowest BCUT2D eigenvalue weighted by molar-refractivity contribution is -0.385. The second-order valence-electron chi connectivity index (χ2n) is 6.55. The van der Waals surface area contributed by atoms with Gasteiger partial charge in [-0.15, -0.1) is 0 Å². The molecule has 0 aliphatic rings. The molecule has 1 aromatic heterocycles. The van der Waals surface area contributed by atoms with E-state index in [0.717, 1.165) is 0 Å². The zero-order valence-corrected chi connectivity index (χ0v) is 18.4. The Balaban J connectivity index is 1.51. The lowest BCUT2D eigenvalue weighted by Crippen LogP contribution is -2.34. The molecule has 0 unspecified atom stereocenters. The van der Waals surface area contributed by atoms with Gasteiger partial charge in [0.15, 0.2) is 10.7 Å². The molecule has 1 amide bonds. The Hall–Kier alpha value is -3.83. The summed E-state index contributed by atoms with van der Waals surface area (Å²) in [4.78, 5) is 27.3. The smallest absolute Gasteiger partial charge is 0.282 e. The van der Waals surface area contributed by atoms with Gasteiger partial charge in [-0.1, -0.05) is 12.1 Å². The number of benzene rings is 3. The number of nitro groups is 1. The van der Waals surface area contributed by atoms with Gasteiger partial charge in [0.25, 0.3) is 11.6 Å². The van der Waals surface area contributed by atoms with E-state index in [1.54, 1.807) is 30.3 Å². The molecular formula is C21H13BrN4O5S. The molecule has 32 heavy (non-hydrogen) atoms. The summed E-state index contributed by atoms with van der Waals surface area (Å²) in [5.41, 5.74) is 1.87. The number of nitrogens with one attached hydrogen (secondary N) is 2. The van der Waals surface area contributed by atoms with Crippen molar-refractivity contribution in [1.82, 2.24) is 10.3 Å². The maximum Gasteiger partial charge on any atom is 0.282 e. The van der Waals surface area contributed by atoms with Crippen LogP contribution in [0.5, 0.6) is 5.75 Å². The molecule has 3 aromatic carbocycles. The highest BCUT2D eigenvalue weighted by atomic mass is 79.9. The largest absolute Gasteiger partial charge is 0.507 e. The van der Waals surface area contributed by atoms with Gasteiger partial charge in [0.2, 0.25) is 5.89 Å². The maximum atomic E-state index is 12.4. The topological polar surface area (TPSA) is 131 Å². The summed E-state index contributed by atoms with van der Waals surface area (Å²) < 4.78 is 6.27. The normalized spacial score (nSPS) is 10.7. The number of para-hydroxylation sites is 1. The van der Waals surface area contributed by atoms with Gasteiger partial charge in [-0.05, 0) is 70.6 Å². The minimum Gasteiger partial charge on any atom is -0.507 e. The van der Waals surface area contributed by atoms with Gasteiger partial charge in [-0.25, -0.2) is 4.98 Å². The van der Waals surface area contributed by atoms with Gasteiger partial charge in [0, 0.05) is 17.3 Å². The van der Waals surface area contributed by atoms with E-state index in [9.17, 15) is 20.0 Å². The Bertz CT molecular complexity index is 1390. The highest BCUT2D eigenvalue weighted by Crippen LogP contribution is 2.31. The maximum absolute atomic E-state index is 12.4. The number of phenolic OH excluding ortho intramolecular Hbond substituents is 1. The third-order valence-electron chi connectivity index (χ3n) is 4.41. The molecule has 0 bridgehead atoms. The number of aromatic hydroxyl groups is 1. The van der Waals surface area contributed by atoms with Gasteiger partial charge >= 0.3 is 0 Å². The summed E-state index contributed by atoms with van der Waals surface area (Å²) in [6, 6.07) is 15.5. The number of nitrogens with zero attached hydrogens (tertiary/aromatic N) is 2. The molecule has 9 nitrogen and oxygen atoms in total. The number of amides is 1. The third kappa shape index (κ3) is 4.43. The number of halogens is 1. The molecule has 0 aliphatic heterocycles. The number of hydrogen-bond donors (Lipinski definition) is 3. The molecule has 11 heteroatoms. The van der Waals surface area contributed by atoms with Crippen LogP contribution in [0.15, 0.2) is 69.6 Å². The monoisotopic (exact) mass is 512 g/mol. The molecule has 160 valence electrons. The first kappa shape index (κ1) is 21.4. The standard InChI is InChI=1S/C21H13BrN4O5S/c22-14-9-11(5-7-17(14)27)20-24-15-10-12(6-8-18(15)31-20)23-21(32)25-19(28)13-3-1-2-4-16(13)26(29)30/h1-10,27H,(H2,23,25,28,32). The van der Waals surface area contributed by atoms with Crippen LogP contribution in [0, 0.1) is 10.1 Å². The van der Waals surface area contributed by atoms with Crippen LogP contribution in [-0.4, -0.2) is 26.0 Å². The number of phenols is 1. The van der Waals surface area contributed by atoms with E-state index in [0.29, 0.717) is 32.7 Å². The highest BCUT2D eigenvalue weighted by molar-refractivity contribution is 9.10. The molecule has 1 heterocycles. The van der Waals surface area contributed by atoms with Crippen LogP contribution >= 0.6 is 28.1 Å². The van der Waals surface area contributed by atoms with Crippen LogP contribution in [-0.2, 0) is 0 Å². The zero-order valence-electron chi connectivity index (χ0n) is 16.0. The van der Waals surface area contributed by atoms with E-state index >= 15 is 0 Å². The number of rotatable bonds is 4. The first-order valence-electron chi connectivity index (χ1n) is 9.07. The number of thiocarbonyl (C=S) groups is 1.